The van der Waals surface area contributed by atoms with Crippen molar-refractivity contribution in [1.29, 1.82) is 0 Å². The highest BCUT2D eigenvalue weighted by Crippen LogP contribution is 2.22. The molecule has 1 aliphatic rings. The minimum atomic E-state index is -0.862. The molecule has 1 amide bonds. The number of nitrogens with two attached hydrogens (primary N) is 1. The zero-order valence-corrected chi connectivity index (χ0v) is 12.2. The molecule has 1 aliphatic heterocycles. The minimum Gasteiger partial charge on any atom is -0.481 e. The second kappa shape index (κ2) is 6.91. The maximum absolute atomic E-state index is 13.9. The van der Waals surface area contributed by atoms with Gasteiger partial charge in [0.15, 0.2) is 0 Å². The molecular weight excluding hydrogens is 295 g/mol. The number of carboxylic acid groups (broad SMARTS) is 1. The number of carbonyl (C=O) groups excluding carboxylic acids is 1. The van der Waals surface area contributed by atoms with Crippen molar-refractivity contribution in [1.82, 2.24) is 4.90 Å². The van der Waals surface area contributed by atoms with E-state index in [1.54, 1.807) is 11.8 Å². The van der Waals surface area contributed by atoms with Crippen molar-refractivity contribution >= 4 is 23.6 Å². The molecule has 1 fully saturated rings. The molecule has 0 aromatic heterocycles. The molecule has 2 rings (SSSR count). The van der Waals surface area contributed by atoms with Gasteiger partial charge in [0.1, 0.15) is 5.82 Å². The number of nitrogens with zero attached hydrogens (tertiary/aromatic N) is 1. The third-order valence-electron chi connectivity index (χ3n) is 3.46. The lowest BCUT2D eigenvalue weighted by atomic mass is 10.1. The number of amides is 1. The van der Waals surface area contributed by atoms with E-state index in [2.05, 4.69) is 0 Å². The monoisotopic (exact) mass is 312 g/mol. The Bertz CT molecular complexity index is 553. The molecule has 1 heterocycles. The Hall–Kier alpha value is -1.60. The van der Waals surface area contributed by atoms with Gasteiger partial charge < -0.3 is 10.8 Å². The lowest BCUT2D eigenvalue weighted by Crippen LogP contribution is -2.43. The third-order valence-corrected chi connectivity index (χ3v) is 4.56. The number of rotatable bonds is 5. The standard InChI is InChI=1S/C14H17FN2O3S/c15-12-2-1-9(14(16)20)5-10(12)7-17-3-4-21-8-11(17)6-13(18)19/h1-2,5,11H,3-4,6-8H2,(H2,16,20)(H,18,19). The predicted octanol–water partition coefficient (Wildman–Crippen LogP) is 1.32. The fourth-order valence-electron chi connectivity index (χ4n) is 2.35. The highest BCUT2D eigenvalue weighted by atomic mass is 32.2. The van der Waals surface area contributed by atoms with Gasteiger partial charge >= 0.3 is 5.97 Å². The van der Waals surface area contributed by atoms with Gasteiger partial charge in [0, 0.05) is 41.8 Å². The molecule has 1 unspecified atom stereocenters. The van der Waals surface area contributed by atoms with Crippen molar-refractivity contribution in [2.75, 3.05) is 18.1 Å². The van der Waals surface area contributed by atoms with Gasteiger partial charge in [0.05, 0.1) is 6.42 Å². The summed E-state index contributed by atoms with van der Waals surface area (Å²) < 4.78 is 13.9. The summed E-state index contributed by atoms with van der Waals surface area (Å²) in [5.41, 5.74) is 5.83. The first-order valence-electron chi connectivity index (χ1n) is 6.59. The van der Waals surface area contributed by atoms with Gasteiger partial charge in [0.2, 0.25) is 5.91 Å². The SMILES string of the molecule is NC(=O)c1ccc(F)c(CN2CCSCC2CC(=O)O)c1. The summed E-state index contributed by atoms with van der Waals surface area (Å²) in [6, 6.07) is 3.89. The van der Waals surface area contributed by atoms with Crippen LogP contribution in [-0.2, 0) is 11.3 Å². The van der Waals surface area contributed by atoms with E-state index in [0.717, 1.165) is 5.75 Å². The molecule has 0 bridgehead atoms. The van der Waals surface area contributed by atoms with Gasteiger partial charge in [-0.3, -0.25) is 14.5 Å². The van der Waals surface area contributed by atoms with Crippen LogP contribution in [0.1, 0.15) is 22.3 Å². The van der Waals surface area contributed by atoms with Gasteiger partial charge in [-0.1, -0.05) is 0 Å². The van der Waals surface area contributed by atoms with Crippen LogP contribution in [0.3, 0.4) is 0 Å². The van der Waals surface area contributed by atoms with Crippen LogP contribution in [0.15, 0.2) is 18.2 Å². The summed E-state index contributed by atoms with van der Waals surface area (Å²) in [6.45, 7) is 0.980. The van der Waals surface area contributed by atoms with E-state index < -0.39 is 17.7 Å². The van der Waals surface area contributed by atoms with E-state index >= 15 is 0 Å². The second-order valence-corrected chi connectivity index (χ2v) is 6.12. The summed E-state index contributed by atoms with van der Waals surface area (Å²) in [7, 11) is 0. The van der Waals surface area contributed by atoms with E-state index in [4.69, 9.17) is 10.8 Å². The maximum atomic E-state index is 13.9. The summed E-state index contributed by atoms with van der Waals surface area (Å²) in [6.07, 6.45) is 0.0319. The van der Waals surface area contributed by atoms with Crippen molar-refractivity contribution in [3.05, 3.63) is 35.1 Å². The number of hydrogen-bond acceptors (Lipinski definition) is 4. The zero-order valence-electron chi connectivity index (χ0n) is 11.4. The summed E-state index contributed by atoms with van der Waals surface area (Å²) in [5.74, 6) is -0.282. The van der Waals surface area contributed by atoms with E-state index in [0.29, 0.717) is 17.9 Å². The minimum absolute atomic E-state index is 0.0319. The highest BCUT2D eigenvalue weighted by molar-refractivity contribution is 7.99. The van der Waals surface area contributed by atoms with Gasteiger partial charge in [0.25, 0.3) is 0 Å². The fourth-order valence-corrected chi connectivity index (χ4v) is 3.49. The third kappa shape index (κ3) is 4.18. The lowest BCUT2D eigenvalue weighted by Gasteiger charge is -2.34. The molecule has 1 atom stereocenters. The van der Waals surface area contributed by atoms with E-state index in [-0.39, 0.29) is 24.6 Å². The quantitative estimate of drug-likeness (QED) is 0.856. The normalized spacial score (nSPS) is 19.4. The van der Waals surface area contributed by atoms with Crippen molar-refractivity contribution < 1.29 is 19.1 Å². The Morgan fingerprint density at radius 2 is 2.24 bits per heavy atom. The second-order valence-electron chi connectivity index (χ2n) is 4.97. The van der Waals surface area contributed by atoms with Crippen molar-refractivity contribution in [2.45, 2.75) is 19.0 Å². The van der Waals surface area contributed by atoms with Crippen LogP contribution >= 0.6 is 11.8 Å². The number of aliphatic carboxylic acids is 1. The molecule has 0 aliphatic carbocycles. The number of carbonyl (C=O) groups is 2. The Kier molecular flexibility index (Phi) is 5.19. The van der Waals surface area contributed by atoms with Gasteiger partial charge in [-0.15, -0.1) is 0 Å². The fraction of sp³-hybridized carbons (Fsp3) is 0.429. The molecule has 1 aromatic carbocycles. The molecule has 0 radical (unpaired) electrons. The molecule has 0 saturated carbocycles. The zero-order chi connectivity index (χ0) is 15.4. The van der Waals surface area contributed by atoms with Crippen molar-refractivity contribution in [3.8, 4) is 0 Å². The number of hydrogen-bond donors (Lipinski definition) is 2. The molecule has 7 heteroatoms. The maximum Gasteiger partial charge on any atom is 0.304 e. The molecule has 21 heavy (non-hydrogen) atoms. The average Bonchev–Trinajstić information content (AvgIpc) is 2.42. The van der Waals surface area contributed by atoms with Crippen LogP contribution in [0.25, 0.3) is 0 Å². The molecule has 1 aromatic rings. The lowest BCUT2D eigenvalue weighted by molar-refractivity contribution is -0.138. The van der Waals surface area contributed by atoms with Crippen LogP contribution in [0.5, 0.6) is 0 Å². The summed E-state index contributed by atoms with van der Waals surface area (Å²) in [4.78, 5) is 24.0. The van der Waals surface area contributed by atoms with Gasteiger partial charge in [-0.25, -0.2) is 4.39 Å². The molecule has 1 saturated heterocycles. The number of primary amides is 1. The number of halogens is 1. The largest absolute Gasteiger partial charge is 0.481 e. The molecular formula is C14H17FN2O3S. The van der Waals surface area contributed by atoms with Gasteiger partial charge in [-0.2, -0.15) is 11.8 Å². The van der Waals surface area contributed by atoms with E-state index in [1.807, 2.05) is 4.90 Å². The molecule has 3 N–H and O–H groups in total. The molecule has 5 nitrogen and oxygen atoms in total. The Labute approximate surface area is 126 Å². The predicted molar refractivity (Wildman–Crippen MR) is 78.7 cm³/mol. The topological polar surface area (TPSA) is 83.6 Å². The van der Waals surface area contributed by atoms with Crippen molar-refractivity contribution in [3.63, 3.8) is 0 Å². The van der Waals surface area contributed by atoms with Gasteiger partial charge in [-0.05, 0) is 18.2 Å². The summed E-state index contributed by atoms with van der Waals surface area (Å²) >= 11 is 1.70. The van der Waals surface area contributed by atoms with E-state index in [1.165, 1.54) is 18.2 Å². The highest BCUT2D eigenvalue weighted by Gasteiger charge is 2.25. The number of benzene rings is 1. The van der Waals surface area contributed by atoms with Crippen LogP contribution in [0, 0.1) is 5.82 Å². The average molecular weight is 312 g/mol. The number of thioether (sulfide) groups is 1. The Morgan fingerprint density at radius 1 is 1.48 bits per heavy atom. The molecule has 0 spiro atoms. The van der Waals surface area contributed by atoms with Crippen LogP contribution in [0.2, 0.25) is 0 Å². The van der Waals surface area contributed by atoms with E-state index in [9.17, 15) is 14.0 Å². The number of carboxylic acids is 1. The van der Waals surface area contributed by atoms with Crippen LogP contribution < -0.4 is 5.73 Å². The van der Waals surface area contributed by atoms with Crippen LogP contribution in [-0.4, -0.2) is 46.0 Å². The Morgan fingerprint density at radius 3 is 2.90 bits per heavy atom. The first kappa shape index (κ1) is 15.8. The smallest absolute Gasteiger partial charge is 0.304 e. The Balaban J connectivity index is 2.16. The summed E-state index contributed by atoms with van der Waals surface area (Å²) in [5, 5.41) is 8.95. The van der Waals surface area contributed by atoms with Crippen molar-refractivity contribution in [2.24, 2.45) is 5.73 Å². The first-order chi connectivity index (χ1) is 9.97. The molecule has 114 valence electrons. The van der Waals surface area contributed by atoms with Crippen LogP contribution in [0.4, 0.5) is 4.39 Å². The first-order valence-corrected chi connectivity index (χ1v) is 7.74.